The van der Waals surface area contributed by atoms with Crippen molar-refractivity contribution in [1.82, 2.24) is 9.71 Å². The standard InChI is InChI=1S/C9H13ClN2O2S/c1-7(2)12-15(13,14)6-8-3-4-9(10)11-5-8/h3-5,7,12H,6H2,1-2H3. The minimum Gasteiger partial charge on any atom is -0.244 e. The molecule has 15 heavy (non-hydrogen) atoms. The van der Waals surface area contributed by atoms with E-state index in [1.54, 1.807) is 26.0 Å². The van der Waals surface area contributed by atoms with Crippen LogP contribution < -0.4 is 4.72 Å². The van der Waals surface area contributed by atoms with Crippen LogP contribution in [0.15, 0.2) is 18.3 Å². The fraction of sp³-hybridized carbons (Fsp3) is 0.444. The van der Waals surface area contributed by atoms with Gasteiger partial charge in [-0.3, -0.25) is 0 Å². The highest BCUT2D eigenvalue weighted by Crippen LogP contribution is 2.08. The lowest BCUT2D eigenvalue weighted by Gasteiger charge is -2.08. The van der Waals surface area contributed by atoms with Crippen LogP contribution >= 0.6 is 11.6 Å². The maximum atomic E-state index is 11.5. The summed E-state index contributed by atoms with van der Waals surface area (Å²) in [4.78, 5) is 3.82. The van der Waals surface area contributed by atoms with Gasteiger partial charge in [-0.2, -0.15) is 0 Å². The summed E-state index contributed by atoms with van der Waals surface area (Å²) in [5, 5.41) is 0.355. The second-order valence-corrected chi connectivity index (χ2v) is 5.66. The highest BCUT2D eigenvalue weighted by molar-refractivity contribution is 7.88. The fourth-order valence-electron chi connectivity index (χ4n) is 1.11. The van der Waals surface area contributed by atoms with Crippen LogP contribution in [0.3, 0.4) is 0 Å². The van der Waals surface area contributed by atoms with Crippen LogP contribution in [0.4, 0.5) is 0 Å². The molecule has 0 amide bonds. The number of pyridine rings is 1. The van der Waals surface area contributed by atoms with Gasteiger partial charge >= 0.3 is 0 Å². The summed E-state index contributed by atoms with van der Waals surface area (Å²) in [5.41, 5.74) is 0.618. The van der Waals surface area contributed by atoms with E-state index in [1.165, 1.54) is 6.20 Å². The summed E-state index contributed by atoms with van der Waals surface area (Å²) in [6, 6.07) is 3.12. The Morgan fingerprint density at radius 1 is 1.47 bits per heavy atom. The molecule has 0 fully saturated rings. The van der Waals surface area contributed by atoms with Crippen LogP contribution in [0.5, 0.6) is 0 Å². The van der Waals surface area contributed by atoms with Gasteiger partial charge in [-0.15, -0.1) is 0 Å². The molecular weight excluding hydrogens is 236 g/mol. The molecule has 0 radical (unpaired) electrons. The van der Waals surface area contributed by atoms with E-state index in [0.29, 0.717) is 10.7 Å². The quantitative estimate of drug-likeness (QED) is 0.823. The first-order chi connectivity index (χ1) is 6.89. The van der Waals surface area contributed by atoms with Crippen LogP contribution in [0.2, 0.25) is 5.15 Å². The molecule has 4 nitrogen and oxygen atoms in total. The molecule has 0 aromatic carbocycles. The molecule has 0 saturated carbocycles. The van der Waals surface area contributed by atoms with Gasteiger partial charge in [-0.05, 0) is 25.5 Å². The normalized spacial score (nSPS) is 12.0. The first-order valence-electron chi connectivity index (χ1n) is 4.49. The van der Waals surface area contributed by atoms with Gasteiger partial charge in [-0.25, -0.2) is 18.1 Å². The molecule has 1 rings (SSSR count). The number of hydrogen-bond acceptors (Lipinski definition) is 3. The SMILES string of the molecule is CC(C)NS(=O)(=O)Cc1ccc(Cl)nc1. The second-order valence-electron chi connectivity index (χ2n) is 3.52. The number of nitrogens with one attached hydrogen (secondary N) is 1. The molecule has 0 aliphatic rings. The van der Waals surface area contributed by atoms with Crippen LogP contribution in [0, 0.1) is 0 Å². The van der Waals surface area contributed by atoms with E-state index in [-0.39, 0.29) is 11.8 Å². The summed E-state index contributed by atoms with van der Waals surface area (Å²) in [5.74, 6) is -0.0741. The zero-order valence-corrected chi connectivity index (χ0v) is 10.1. The topological polar surface area (TPSA) is 59.1 Å². The predicted octanol–water partition coefficient (Wildman–Crippen LogP) is 1.56. The van der Waals surface area contributed by atoms with Gasteiger partial charge in [0.15, 0.2) is 0 Å². The molecule has 1 N–H and O–H groups in total. The summed E-state index contributed by atoms with van der Waals surface area (Å²) in [6.07, 6.45) is 1.46. The molecule has 1 aromatic rings. The lowest BCUT2D eigenvalue weighted by molar-refractivity contribution is 0.569. The lowest BCUT2D eigenvalue weighted by atomic mass is 10.3. The van der Waals surface area contributed by atoms with E-state index >= 15 is 0 Å². The Morgan fingerprint density at radius 2 is 2.13 bits per heavy atom. The van der Waals surface area contributed by atoms with Gasteiger partial charge in [0.25, 0.3) is 0 Å². The molecule has 0 unspecified atom stereocenters. The fourth-order valence-corrected chi connectivity index (χ4v) is 2.63. The number of hydrogen-bond donors (Lipinski definition) is 1. The lowest BCUT2D eigenvalue weighted by Crippen LogP contribution is -2.31. The van der Waals surface area contributed by atoms with Crippen LogP contribution in [0.25, 0.3) is 0 Å². The van der Waals surface area contributed by atoms with Crippen LogP contribution in [-0.4, -0.2) is 19.4 Å². The molecule has 1 heterocycles. The largest absolute Gasteiger partial charge is 0.244 e. The molecule has 1 aromatic heterocycles. The number of sulfonamides is 1. The number of rotatable bonds is 4. The minimum absolute atomic E-state index is 0.0741. The third-order valence-corrected chi connectivity index (χ3v) is 3.33. The van der Waals surface area contributed by atoms with E-state index in [9.17, 15) is 8.42 Å². The smallest absolute Gasteiger partial charge is 0.216 e. The minimum atomic E-state index is -3.28. The zero-order chi connectivity index (χ0) is 11.5. The van der Waals surface area contributed by atoms with Gasteiger partial charge in [0.05, 0.1) is 5.75 Å². The van der Waals surface area contributed by atoms with Crippen molar-refractivity contribution in [3.63, 3.8) is 0 Å². The van der Waals surface area contributed by atoms with Crippen LogP contribution in [-0.2, 0) is 15.8 Å². The highest BCUT2D eigenvalue weighted by Gasteiger charge is 2.12. The second kappa shape index (κ2) is 4.92. The monoisotopic (exact) mass is 248 g/mol. The van der Waals surface area contributed by atoms with Gasteiger partial charge in [-0.1, -0.05) is 17.7 Å². The van der Waals surface area contributed by atoms with Gasteiger partial charge < -0.3 is 0 Å². The van der Waals surface area contributed by atoms with E-state index in [2.05, 4.69) is 9.71 Å². The Bertz CT molecular complexity index is 414. The number of halogens is 1. The maximum Gasteiger partial charge on any atom is 0.216 e. The van der Waals surface area contributed by atoms with Crippen molar-refractivity contribution >= 4 is 21.6 Å². The summed E-state index contributed by atoms with van der Waals surface area (Å²) in [7, 11) is -3.28. The van der Waals surface area contributed by atoms with Crippen LogP contribution in [0.1, 0.15) is 19.4 Å². The van der Waals surface area contributed by atoms with E-state index in [1.807, 2.05) is 0 Å². The summed E-state index contributed by atoms with van der Waals surface area (Å²) >= 11 is 5.59. The van der Waals surface area contributed by atoms with E-state index < -0.39 is 10.0 Å². The molecular formula is C9H13ClN2O2S. The Morgan fingerprint density at radius 3 is 2.60 bits per heavy atom. The van der Waals surface area contributed by atoms with Crippen molar-refractivity contribution in [3.8, 4) is 0 Å². The summed E-state index contributed by atoms with van der Waals surface area (Å²) < 4.78 is 25.5. The van der Waals surface area contributed by atoms with Crippen molar-refractivity contribution in [2.24, 2.45) is 0 Å². The molecule has 0 spiro atoms. The van der Waals surface area contributed by atoms with E-state index in [0.717, 1.165) is 0 Å². The predicted molar refractivity (Wildman–Crippen MR) is 60.1 cm³/mol. The average molecular weight is 249 g/mol. The molecule has 0 saturated heterocycles. The highest BCUT2D eigenvalue weighted by atomic mass is 35.5. The van der Waals surface area contributed by atoms with Crippen molar-refractivity contribution < 1.29 is 8.42 Å². The maximum absolute atomic E-state index is 11.5. The van der Waals surface area contributed by atoms with E-state index in [4.69, 9.17) is 11.6 Å². The van der Waals surface area contributed by atoms with Crippen molar-refractivity contribution in [3.05, 3.63) is 29.0 Å². The van der Waals surface area contributed by atoms with Crippen molar-refractivity contribution in [2.45, 2.75) is 25.6 Å². The first kappa shape index (κ1) is 12.4. The Hall–Kier alpha value is -0.650. The molecule has 0 bridgehead atoms. The Labute approximate surface area is 94.7 Å². The third-order valence-electron chi connectivity index (χ3n) is 1.56. The average Bonchev–Trinajstić information content (AvgIpc) is 2.06. The van der Waals surface area contributed by atoms with Gasteiger partial charge in [0.1, 0.15) is 5.15 Å². The molecule has 0 atom stereocenters. The number of aromatic nitrogens is 1. The molecule has 84 valence electrons. The Kier molecular flexibility index (Phi) is 4.07. The molecule has 6 heteroatoms. The zero-order valence-electron chi connectivity index (χ0n) is 8.57. The molecule has 0 aliphatic carbocycles. The Balaban J connectivity index is 2.73. The van der Waals surface area contributed by atoms with Crippen molar-refractivity contribution in [1.29, 1.82) is 0 Å². The van der Waals surface area contributed by atoms with Gasteiger partial charge in [0, 0.05) is 12.2 Å². The molecule has 0 aliphatic heterocycles. The number of nitrogens with zero attached hydrogens (tertiary/aromatic N) is 1. The first-order valence-corrected chi connectivity index (χ1v) is 6.52. The third kappa shape index (κ3) is 4.59. The van der Waals surface area contributed by atoms with Gasteiger partial charge in [0.2, 0.25) is 10.0 Å². The summed E-state index contributed by atoms with van der Waals surface area (Å²) in [6.45, 7) is 3.55. The van der Waals surface area contributed by atoms with Crippen molar-refractivity contribution in [2.75, 3.05) is 0 Å².